The summed E-state index contributed by atoms with van der Waals surface area (Å²) in [5.41, 5.74) is 0. The molecule has 0 aromatic rings. The Kier molecular flexibility index (Phi) is 8.54. The highest BCUT2D eigenvalue weighted by Gasteiger charge is 2.17. The standard InChI is InChI=1S/C17H28O/c1-2-3-4-5-6-7-8-9-10-11-13-16-14-12-15-17(16)18/h10-12,15-16H,2-9,13-14H2,1H3/b11-10+. The first-order valence-electron chi connectivity index (χ1n) is 7.70. The molecule has 0 N–H and O–H groups in total. The number of ketones is 1. The molecule has 1 rings (SSSR count). The fourth-order valence-electron chi connectivity index (χ4n) is 2.41. The molecule has 0 spiro atoms. The number of carbonyl (C=O) groups is 1. The molecule has 0 radical (unpaired) electrons. The maximum absolute atomic E-state index is 11.3. The quantitative estimate of drug-likeness (QED) is 0.383. The molecule has 1 aliphatic carbocycles. The lowest BCUT2D eigenvalue weighted by molar-refractivity contribution is -0.117. The summed E-state index contributed by atoms with van der Waals surface area (Å²) in [6, 6.07) is 0. The second kappa shape index (κ2) is 10.1. The van der Waals surface area contributed by atoms with Gasteiger partial charge in [-0.1, -0.05) is 63.7 Å². The summed E-state index contributed by atoms with van der Waals surface area (Å²) in [4.78, 5) is 11.3. The summed E-state index contributed by atoms with van der Waals surface area (Å²) in [5, 5.41) is 0. The van der Waals surface area contributed by atoms with Crippen molar-refractivity contribution in [1.29, 1.82) is 0 Å². The van der Waals surface area contributed by atoms with E-state index in [1.54, 1.807) is 6.08 Å². The third kappa shape index (κ3) is 6.78. The van der Waals surface area contributed by atoms with Gasteiger partial charge in [-0.25, -0.2) is 0 Å². The van der Waals surface area contributed by atoms with Gasteiger partial charge in [-0.2, -0.15) is 0 Å². The summed E-state index contributed by atoms with van der Waals surface area (Å²) in [7, 11) is 0. The molecule has 1 aliphatic rings. The maximum atomic E-state index is 11.3. The van der Waals surface area contributed by atoms with Crippen LogP contribution in [0.4, 0.5) is 0 Å². The van der Waals surface area contributed by atoms with Gasteiger partial charge >= 0.3 is 0 Å². The Hall–Kier alpha value is -0.850. The largest absolute Gasteiger partial charge is 0.295 e. The first kappa shape index (κ1) is 15.2. The maximum Gasteiger partial charge on any atom is 0.159 e. The monoisotopic (exact) mass is 248 g/mol. The lowest BCUT2D eigenvalue weighted by Gasteiger charge is -2.02. The van der Waals surface area contributed by atoms with E-state index >= 15 is 0 Å². The average molecular weight is 248 g/mol. The van der Waals surface area contributed by atoms with Gasteiger partial charge in [-0.15, -0.1) is 0 Å². The van der Waals surface area contributed by atoms with Crippen LogP contribution in [0.2, 0.25) is 0 Å². The molecule has 1 atom stereocenters. The highest BCUT2D eigenvalue weighted by molar-refractivity contribution is 5.94. The molecule has 0 amide bonds. The Labute approximate surface area is 112 Å². The third-order valence-corrected chi connectivity index (χ3v) is 3.67. The van der Waals surface area contributed by atoms with E-state index in [2.05, 4.69) is 19.1 Å². The predicted molar refractivity (Wildman–Crippen MR) is 78.6 cm³/mol. The Morgan fingerprint density at radius 2 is 1.83 bits per heavy atom. The van der Waals surface area contributed by atoms with Crippen LogP contribution in [0, 0.1) is 5.92 Å². The fraction of sp³-hybridized carbons (Fsp3) is 0.706. The Morgan fingerprint density at radius 1 is 1.11 bits per heavy atom. The number of hydrogen-bond donors (Lipinski definition) is 0. The topological polar surface area (TPSA) is 17.1 Å². The molecule has 0 aliphatic heterocycles. The van der Waals surface area contributed by atoms with Crippen molar-refractivity contribution in [3.8, 4) is 0 Å². The normalized spacial score (nSPS) is 19.2. The van der Waals surface area contributed by atoms with E-state index in [0.29, 0.717) is 5.78 Å². The van der Waals surface area contributed by atoms with Crippen LogP contribution >= 0.6 is 0 Å². The minimum atomic E-state index is 0.246. The zero-order chi connectivity index (χ0) is 13.1. The molecule has 1 nitrogen and oxygen atoms in total. The number of allylic oxidation sites excluding steroid dienone is 4. The molecular formula is C17H28O. The van der Waals surface area contributed by atoms with Crippen molar-refractivity contribution in [2.75, 3.05) is 0 Å². The lowest BCUT2D eigenvalue weighted by Crippen LogP contribution is -2.04. The average Bonchev–Trinajstić information content (AvgIpc) is 2.77. The molecule has 0 aromatic heterocycles. The van der Waals surface area contributed by atoms with Crippen LogP contribution in [0.5, 0.6) is 0 Å². The minimum Gasteiger partial charge on any atom is -0.295 e. The van der Waals surface area contributed by atoms with Gasteiger partial charge in [0.1, 0.15) is 0 Å². The first-order chi connectivity index (χ1) is 8.84. The van der Waals surface area contributed by atoms with Crippen LogP contribution in [0.1, 0.15) is 71.1 Å². The van der Waals surface area contributed by atoms with Gasteiger partial charge in [-0.3, -0.25) is 4.79 Å². The van der Waals surface area contributed by atoms with Crippen molar-refractivity contribution >= 4 is 5.78 Å². The predicted octanol–water partition coefficient (Wildman–Crippen LogP) is 5.22. The molecule has 0 saturated carbocycles. The number of rotatable bonds is 10. The molecule has 0 fully saturated rings. The smallest absolute Gasteiger partial charge is 0.159 e. The lowest BCUT2D eigenvalue weighted by atomic mass is 10.0. The van der Waals surface area contributed by atoms with Gasteiger partial charge in [0.05, 0.1) is 0 Å². The van der Waals surface area contributed by atoms with Gasteiger partial charge < -0.3 is 0 Å². The Morgan fingerprint density at radius 3 is 2.50 bits per heavy atom. The molecular weight excluding hydrogens is 220 g/mol. The minimum absolute atomic E-state index is 0.246. The fourth-order valence-corrected chi connectivity index (χ4v) is 2.41. The summed E-state index contributed by atoms with van der Waals surface area (Å²) in [6.07, 6.45) is 20.8. The summed E-state index contributed by atoms with van der Waals surface area (Å²) < 4.78 is 0. The van der Waals surface area contributed by atoms with Crippen LogP contribution in [-0.2, 0) is 4.79 Å². The van der Waals surface area contributed by atoms with Gasteiger partial charge in [-0.05, 0) is 31.8 Å². The van der Waals surface area contributed by atoms with E-state index < -0.39 is 0 Å². The summed E-state index contributed by atoms with van der Waals surface area (Å²) >= 11 is 0. The van der Waals surface area contributed by atoms with Crippen molar-refractivity contribution in [2.45, 2.75) is 71.1 Å². The van der Waals surface area contributed by atoms with E-state index in [4.69, 9.17) is 0 Å². The van der Waals surface area contributed by atoms with Crippen LogP contribution in [-0.4, -0.2) is 5.78 Å². The molecule has 0 aromatic carbocycles. The molecule has 1 unspecified atom stereocenters. The first-order valence-corrected chi connectivity index (χ1v) is 7.70. The second-order valence-electron chi connectivity index (χ2n) is 5.35. The van der Waals surface area contributed by atoms with Crippen molar-refractivity contribution in [1.82, 2.24) is 0 Å². The van der Waals surface area contributed by atoms with Crippen molar-refractivity contribution < 1.29 is 4.79 Å². The zero-order valence-electron chi connectivity index (χ0n) is 11.9. The second-order valence-corrected chi connectivity index (χ2v) is 5.35. The van der Waals surface area contributed by atoms with Crippen LogP contribution in [0.15, 0.2) is 24.3 Å². The number of unbranched alkanes of at least 4 members (excludes halogenated alkanes) is 7. The Bertz CT molecular complexity index is 275. The molecule has 0 bridgehead atoms. The Balaban J connectivity index is 1.87. The molecule has 102 valence electrons. The van der Waals surface area contributed by atoms with Crippen molar-refractivity contribution in [3.63, 3.8) is 0 Å². The molecule has 18 heavy (non-hydrogen) atoms. The van der Waals surface area contributed by atoms with Crippen molar-refractivity contribution in [3.05, 3.63) is 24.3 Å². The van der Waals surface area contributed by atoms with E-state index in [9.17, 15) is 4.79 Å². The highest BCUT2D eigenvalue weighted by Crippen LogP contribution is 2.18. The zero-order valence-corrected chi connectivity index (χ0v) is 11.9. The molecule has 1 heteroatoms. The highest BCUT2D eigenvalue weighted by atomic mass is 16.1. The van der Waals surface area contributed by atoms with Crippen LogP contribution < -0.4 is 0 Å². The summed E-state index contributed by atoms with van der Waals surface area (Å²) in [6.45, 7) is 2.26. The van der Waals surface area contributed by atoms with Gasteiger partial charge in [0.15, 0.2) is 5.78 Å². The van der Waals surface area contributed by atoms with Crippen LogP contribution in [0.25, 0.3) is 0 Å². The van der Waals surface area contributed by atoms with Gasteiger partial charge in [0.2, 0.25) is 0 Å². The SMILES string of the molecule is CCCCCCCCC/C=C/CC1CC=CC1=O. The molecule has 0 heterocycles. The van der Waals surface area contributed by atoms with E-state index in [1.165, 1.54) is 51.4 Å². The van der Waals surface area contributed by atoms with E-state index in [1.807, 2.05) is 6.08 Å². The number of carbonyl (C=O) groups excluding carboxylic acids is 1. The van der Waals surface area contributed by atoms with Crippen molar-refractivity contribution in [2.24, 2.45) is 5.92 Å². The number of hydrogen-bond acceptors (Lipinski definition) is 1. The van der Waals surface area contributed by atoms with Gasteiger partial charge in [0.25, 0.3) is 0 Å². The van der Waals surface area contributed by atoms with E-state index in [-0.39, 0.29) is 5.92 Å². The summed E-state index contributed by atoms with van der Waals surface area (Å²) in [5.74, 6) is 0.561. The molecule has 0 saturated heterocycles. The van der Waals surface area contributed by atoms with E-state index in [0.717, 1.165) is 12.8 Å². The third-order valence-electron chi connectivity index (χ3n) is 3.67. The van der Waals surface area contributed by atoms with Gasteiger partial charge in [0, 0.05) is 5.92 Å². The van der Waals surface area contributed by atoms with Crippen LogP contribution in [0.3, 0.4) is 0 Å².